The van der Waals surface area contributed by atoms with Crippen molar-refractivity contribution in [3.63, 3.8) is 0 Å². The van der Waals surface area contributed by atoms with Crippen molar-refractivity contribution in [2.75, 3.05) is 7.11 Å². The van der Waals surface area contributed by atoms with Crippen LogP contribution in [0.15, 0.2) is 18.2 Å². The third-order valence-electron chi connectivity index (χ3n) is 4.24. The van der Waals surface area contributed by atoms with Crippen molar-refractivity contribution in [2.24, 2.45) is 0 Å². The van der Waals surface area contributed by atoms with Gasteiger partial charge in [0.05, 0.1) is 7.11 Å². The highest BCUT2D eigenvalue weighted by molar-refractivity contribution is 6.20. The highest BCUT2D eigenvalue weighted by atomic mass is 35.5. The van der Waals surface area contributed by atoms with Gasteiger partial charge in [0.15, 0.2) is 0 Å². The van der Waals surface area contributed by atoms with Crippen molar-refractivity contribution >= 4 is 11.6 Å². The zero-order chi connectivity index (χ0) is 14.5. The van der Waals surface area contributed by atoms with Crippen LogP contribution in [0.1, 0.15) is 44.2 Å². The Balaban J connectivity index is 2.03. The molecule has 112 valence electrons. The molecule has 0 heterocycles. The number of fused-ring (bicyclic) bond motifs is 1. The number of alkyl halides is 1. The Labute approximate surface area is 127 Å². The first kappa shape index (κ1) is 15.7. The van der Waals surface area contributed by atoms with Crippen LogP contribution in [0.25, 0.3) is 0 Å². The molecule has 2 rings (SSSR count). The second-order valence-corrected chi connectivity index (χ2v) is 6.57. The van der Waals surface area contributed by atoms with Crippen LogP contribution in [-0.4, -0.2) is 24.6 Å². The molecule has 20 heavy (non-hydrogen) atoms. The Morgan fingerprint density at radius 3 is 2.90 bits per heavy atom. The molecule has 0 spiro atoms. The average Bonchev–Trinajstić information content (AvgIpc) is 2.45. The number of nitrogens with one attached hydrogen (secondary N) is 1. The summed E-state index contributed by atoms with van der Waals surface area (Å²) in [5, 5.41) is 4.02. The van der Waals surface area contributed by atoms with Crippen LogP contribution < -0.4 is 10.1 Å². The maximum atomic E-state index is 6.14. The van der Waals surface area contributed by atoms with E-state index >= 15 is 0 Å². The minimum atomic E-state index is 0.234. The molecule has 0 saturated heterocycles. The summed E-state index contributed by atoms with van der Waals surface area (Å²) in [6.07, 6.45) is 5.57. The van der Waals surface area contributed by atoms with Crippen LogP contribution in [0.2, 0.25) is 0 Å². The summed E-state index contributed by atoms with van der Waals surface area (Å²) >= 11 is 6.14. The summed E-state index contributed by atoms with van der Waals surface area (Å²) in [5.74, 6) is 1.03. The topological polar surface area (TPSA) is 21.3 Å². The van der Waals surface area contributed by atoms with E-state index in [2.05, 4.69) is 37.4 Å². The van der Waals surface area contributed by atoms with Gasteiger partial charge in [0.1, 0.15) is 5.75 Å². The molecule has 1 aliphatic rings. The minimum Gasteiger partial charge on any atom is -0.496 e. The molecule has 0 saturated carbocycles. The third kappa shape index (κ3) is 3.89. The quantitative estimate of drug-likeness (QED) is 0.803. The number of rotatable bonds is 6. The summed E-state index contributed by atoms with van der Waals surface area (Å²) in [6, 6.07) is 7.45. The van der Waals surface area contributed by atoms with E-state index in [0.29, 0.717) is 12.1 Å². The van der Waals surface area contributed by atoms with E-state index in [1.165, 1.54) is 17.5 Å². The first-order valence-corrected chi connectivity index (χ1v) is 8.12. The van der Waals surface area contributed by atoms with Gasteiger partial charge in [-0.25, -0.2) is 0 Å². The summed E-state index contributed by atoms with van der Waals surface area (Å²) in [4.78, 5) is 0. The van der Waals surface area contributed by atoms with Gasteiger partial charge in [0.25, 0.3) is 0 Å². The van der Waals surface area contributed by atoms with Crippen LogP contribution in [0, 0.1) is 0 Å². The molecular weight excluding hydrogens is 270 g/mol. The van der Waals surface area contributed by atoms with Gasteiger partial charge in [-0.15, -0.1) is 11.6 Å². The third-order valence-corrected chi connectivity index (χ3v) is 4.41. The molecule has 1 N–H and O–H groups in total. The molecule has 2 nitrogen and oxygen atoms in total. The number of aryl methyl sites for hydroxylation is 1. The van der Waals surface area contributed by atoms with Crippen molar-refractivity contribution in [3.8, 4) is 5.75 Å². The van der Waals surface area contributed by atoms with Gasteiger partial charge in [0, 0.05) is 17.5 Å². The fraction of sp³-hybridized carbons (Fsp3) is 0.647. The second kappa shape index (κ2) is 7.33. The fourth-order valence-electron chi connectivity index (χ4n) is 3.17. The fourth-order valence-corrected chi connectivity index (χ4v) is 3.38. The van der Waals surface area contributed by atoms with E-state index in [4.69, 9.17) is 16.3 Å². The molecule has 0 aromatic heterocycles. The lowest BCUT2D eigenvalue weighted by Gasteiger charge is -2.30. The lowest BCUT2D eigenvalue weighted by atomic mass is 9.87. The number of hydrogen-bond acceptors (Lipinski definition) is 2. The summed E-state index contributed by atoms with van der Waals surface area (Å²) in [5.41, 5.74) is 2.83. The molecule has 3 unspecified atom stereocenters. The number of halogens is 1. The summed E-state index contributed by atoms with van der Waals surface area (Å²) < 4.78 is 5.51. The van der Waals surface area contributed by atoms with E-state index in [0.717, 1.165) is 31.4 Å². The monoisotopic (exact) mass is 295 g/mol. The van der Waals surface area contributed by atoms with Crippen LogP contribution in [0.3, 0.4) is 0 Å². The van der Waals surface area contributed by atoms with Crippen LogP contribution in [0.4, 0.5) is 0 Å². The van der Waals surface area contributed by atoms with Crippen molar-refractivity contribution < 1.29 is 4.74 Å². The average molecular weight is 296 g/mol. The summed E-state index contributed by atoms with van der Waals surface area (Å²) in [7, 11) is 1.76. The SMILES string of the molecule is CCC(CC(C)Cl)NC1CCc2cccc(OC)c2C1. The minimum absolute atomic E-state index is 0.234. The molecule has 1 aliphatic carbocycles. The second-order valence-electron chi connectivity index (χ2n) is 5.83. The van der Waals surface area contributed by atoms with Gasteiger partial charge < -0.3 is 10.1 Å². The van der Waals surface area contributed by atoms with Crippen molar-refractivity contribution in [2.45, 2.75) is 63.4 Å². The molecule has 0 aliphatic heterocycles. The molecular formula is C17H26ClNO. The van der Waals surface area contributed by atoms with Gasteiger partial charge in [0.2, 0.25) is 0 Å². The smallest absolute Gasteiger partial charge is 0.122 e. The highest BCUT2D eigenvalue weighted by Gasteiger charge is 2.23. The van der Waals surface area contributed by atoms with E-state index in [1.807, 2.05) is 0 Å². The van der Waals surface area contributed by atoms with E-state index in [1.54, 1.807) is 7.11 Å². The molecule has 0 fully saturated rings. The normalized spacial score (nSPS) is 21.1. The van der Waals surface area contributed by atoms with Gasteiger partial charge >= 0.3 is 0 Å². The number of methoxy groups -OCH3 is 1. The Kier molecular flexibility index (Phi) is 5.74. The zero-order valence-electron chi connectivity index (χ0n) is 12.8. The van der Waals surface area contributed by atoms with Crippen molar-refractivity contribution in [3.05, 3.63) is 29.3 Å². The molecule has 1 aromatic rings. The van der Waals surface area contributed by atoms with Crippen LogP contribution in [0.5, 0.6) is 5.75 Å². The molecule has 3 atom stereocenters. The van der Waals surface area contributed by atoms with Crippen molar-refractivity contribution in [1.29, 1.82) is 0 Å². The van der Waals surface area contributed by atoms with Gasteiger partial charge in [-0.3, -0.25) is 0 Å². The number of ether oxygens (including phenoxy) is 1. The number of hydrogen-bond donors (Lipinski definition) is 1. The van der Waals surface area contributed by atoms with Gasteiger partial charge in [-0.1, -0.05) is 19.1 Å². The van der Waals surface area contributed by atoms with Crippen LogP contribution in [-0.2, 0) is 12.8 Å². The largest absolute Gasteiger partial charge is 0.496 e. The lowest BCUT2D eigenvalue weighted by Crippen LogP contribution is -2.42. The maximum Gasteiger partial charge on any atom is 0.122 e. The van der Waals surface area contributed by atoms with Gasteiger partial charge in [-0.2, -0.15) is 0 Å². The van der Waals surface area contributed by atoms with Crippen LogP contribution >= 0.6 is 11.6 Å². The molecule has 3 heteroatoms. The molecule has 0 bridgehead atoms. The van der Waals surface area contributed by atoms with E-state index < -0.39 is 0 Å². The highest BCUT2D eigenvalue weighted by Crippen LogP contribution is 2.30. The first-order chi connectivity index (χ1) is 9.63. The Morgan fingerprint density at radius 2 is 2.25 bits per heavy atom. The predicted octanol–water partition coefficient (Wildman–Crippen LogP) is 3.94. The zero-order valence-corrected chi connectivity index (χ0v) is 13.5. The first-order valence-electron chi connectivity index (χ1n) is 7.68. The molecule has 0 radical (unpaired) electrons. The maximum absolute atomic E-state index is 6.14. The Morgan fingerprint density at radius 1 is 1.45 bits per heavy atom. The predicted molar refractivity (Wildman–Crippen MR) is 86.0 cm³/mol. The lowest BCUT2D eigenvalue weighted by molar-refractivity contribution is 0.358. The van der Waals surface area contributed by atoms with Gasteiger partial charge in [-0.05, 0) is 56.2 Å². The number of benzene rings is 1. The summed E-state index contributed by atoms with van der Waals surface area (Å²) in [6.45, 7) is 4.30. The Bertz CT molecular complexity index is 419. The van der Waals surface area contributed by atoms with E-state index in [9.17, 15) is 0 Å². The van der Waals surface area contributed by atoms with E-state index in [-0.39, 0.29) is 5.38 Å². The van der Waals surface area contributed by atoms with Crippen molar-refractivity contribution in [1.82, 2.24) is 5.32 Å². The standard InChI is InChI=1S/C17H26ClNO/c1-4-14(10-12(2)18)19-15-9-8-13-6-5-7-17(20-3)16(13)11-15/h5-7,12,14-15,19H,4,8-11H2,1-3H3. The molecule has 1 aromatic carbocycles. The Hall–Kier alpha value is -0.730. The molecule has 0 amide bonds.